The molecule has 3 N–H and O–H groups in total. The molecular weight excluding hydrogens is 304 g/mol. The van der Waals surface area contributed by atoms with Gasteiger partial charge in [0.1, 0.15) is 5.75 Å². The number of anilines is 1. The molecule has 0 spiro atoms. The average molecular weight is 326 g/mol. The van der Waals surface area contributed by atoms with Gasteiger partial charge in [0.2, 0.25) is 0 Å². The summed E-state index contributed by atoms with van der Waals surface area (Å²) in [6, 6.07) is 14.4. The lowest BCUT2D eigenvalue weighted by atomic mass is 9.87. The molecule has 0 aliphatic carbocycles. The van der Waals surface area contributed by atoms with Crippen LogP contribution in [0.25, 0.3) is 0 Å². The van der Waals surface area contributed by atoms with Crippen LogP contribution >= 0.6 is 0 Å². The Hall–Kier alpha value is -2.82. The van der Waals surface area contributed by atoms with Crippen LogP contribution in [0.15, 0.2) is 48.5 Å². The predicted molar refractivity (Wildman–Crippen MR) is 94.2 cm³/mol. The quantitative estimate of drug-likeness (QED) is 0.886. The van der Waals surface area contributed by atoms with Gasteiger partial charge in [0.25, 0.3) is 11.8 Å². The van der Waals surface area contributed by atoms with E-state index in [9.17, 15) is 9.59 Å². The molecule has 5 heteroatoms. The van der Waals surface area contributed by atoms with Crippen molar-refractivity contribution >= 4 is 17.5 Å². The molecule has 0 aliphatic rings. The van der Waals surface area contributed by atoms with Gasteiger partial charge in [0, 0.05) is 11.3 Å². The van der Waals surface area contributed by atoms with Crippen LogP contribution in [0.3, 0.4) is 0 Å². The molecule has 0 bridgehead atoms. The highest BCUT2D eigenvalue weighted by Crippen LogP contribution is 2.24. The molecule has 2 amide bonds. The minimum Gasteiger partial charge on any atom is -0.484 e. The van der Waals surface area contributed by atoms with E-state index in [1.807, 2.05) is 24.3 Å². The maximum absolute atomic E-state index is 12.3. The number of primary amides is 1. The summed E-state index contributed by atoms with van der Waals surface area (Å²) in [7, 11) is 0. The van der Waals surface area contributed by atoms with E-state index in [4.69, 9.17) is 10.5 Å². The molecule has 126 valence electrons. The summed E-state index contributed by atoms with van der Waals surface area (Å²) in [5.41, 5.74) is 7.46. The first-order valence-electron chi connectivity index (χ1n) is 7.69. The lowest BCUT2D eigenvalue weighted by molar-refractivity contribution is -0.119. The molecule has 24 heavy (non-hydrogen) atoms. The summed E-state index contributed by atoms with van der Waals surface area (Å²) in [5.74, 6) is -0.392. The third-order valence-electron chi connectivity index (χ3n) is 3.49. The summed E-state index contributed by atoms with van der Waals surface area (Å²) in [6.45, 7) is 6.19. The van der Waals surface area contributed by atoms with Crippen LogP contribution in [-0.2, 0) is 10.2 Å². The zero-order valence-corrected chi connectivity index (χ0v) is 14.1. The summed E-state index contributed by atoms with van der Waals surface area (Å²) in [6.07, 6.45) is 0. The topological polar surface area (TPSA) is 81.4 Å². The molecule has 2 aromatic rings. The fraction of sp³-hybridized carbons (Fsp3) is 0.263. The van der Waals surface area contributed by atoms with E-state index >= 15 is 0 Å². The number of ether oxygens (including phenoxy) is 1. The van der Waals surface area contributed by atoms with Gasteiger partial charge in [-0.1, -0.05) is 39.0 Å². The van der Waals surface area contributed by atoms with E-state index in [1.165, 1.54) is 5.56 Å². The molecule has 0 atom stereocenters. The standard InChI is InChI=1S/C19H22N2O3/c1-19(2,3)14-7-9-15(10-8-14)21-18(23)13-5-4-6-16(11-13)24-12-17(20)22/h4-11H,12H2,1-3H3,(H2,20,22)(H,21,23). The smallest absolute Gasteiger partial charge is 0.255 e. The molecule has 0 fully saturated rings. The highest BCUT2D eigenvalue weighted by Gasteiger charge is 2.13. The second-order valence-corrected chi connectivity index (χ2v) is 6.56. The molecule has 0 saturated carbocycles. The summed E-state index contributed by atoms with van der Waals surface area (Å²) in [4.78, 5) is 23.1. The van der Waals surface area contributed by atoms with Crippen molar-refractivity contribution < 1.29 is 14.3 Å². The number of benzene rings is 2. The van der Waals surface area contributed by atoms with Crippen LogP contribution in [0.1, 0.15) is 36.7 Å². The van der Waals surface area contributed by atoms with Crippen LogP contribution in [0.4, 0.5) is 5.69 Å². The Morgan fingerprint density at radius 2 is 1.75 bits per heavy atom. The largest absolute Gasteiger partial charge is 0.484 e. The lowest BCUT2D eigenvalue weighted by Gasteiger charge is -2.19. The Kier molecular flexibility index (Phi) is 5.24. The molecule has 0 heterocycles. The number of hydrogen-bond donors (Lipinski definition) is 2. The van der Waals surface area contributed by atoms with Crippen LogP contribution in [0.5, 0.6) is 5.75 Å². The van der Waals surface area contributed by atoms with E-state index < -0.39 is 5.91 Å². The number of hydrogen-bond acceptors (Lipinski definition) is 3. The maximum atomic E-state index is 12.3. The van der Waals surface area contributed by atoms with E-state index in [2.05, 4.69) is 26.1 Å². The summed E-state index contributed by atoms with van der Waals surface area (Å²) in [5, 5.41) is 2.84. The Labute approximate surface area is 141 Å². The van der Waals surface area contributed by atoms with Crippen molar-refractivity contribution in [1.29, 1.82) is 0 Å². The van der Waals surface area contributed by atoms with Gasteiger partial charge in [0.15, 0.2) is 6.61 Å². The first kappa shape index (κ1) is 17.5. The highest BCUT2D eigenvalue weighted by atomic mass is 16.5. The van der Waals surface area contributed by atoms with Crippen LogP contribution in [-0.4, -0.2) is 18.4 Å². The monoisotopic (exact) mass is 326 g/mol. The van der Waals surface area contributed by atoms with Gasteiger partial charge < -0.3 is 15.8 Å². The number of nitrogens with one attached hydrogen (secondary N) is 1. The van der Waals surface area contributed by atoms with Gasteiger partial charge in [0.05, 0.1) is 0 Å². The van der Waals surface area contributed by atoms with E-state index in [0.29, 0.717) is 11.3 Å². The second-order valence-electron chi connectivity index (χ2n) is 6.56. The first-order chi connectivity index (χ1) is 11.3. The van der Waals surface area contributed by atoms with E-state index in [-0.39, 0.29) is 17.9 Å². The Morgan fingerprint density at radius 1 is 1.08 bits per heavy atom. The number of carbonyl (C=O) groups is 2. The minimum atomic E-state index is -0.566. The van der Waals surface area contributed by atoms with Gasteiger partial charge in [-0.3, -0.25) is 9.59 Å². The normalized spacial score (nSPS) is 11.0. The van der Waals surface area contributed by atoms with E-state index in [0.717, 1.165) is 5.69 Å². The van der Waals surface area contributed by atoms with Gasteiger partial charge in [-0.05, 0) is 41.3 Å². The van der Waals surface area contributed by atoms with Crippen LogP contribution in [0.2, 0.25) is 0 Å². The first-order valence-corrected chi connectivity index (χ1v) is 7.69. The Morgan fingerprint density at radius 3 is 2.33 bits per heavy atom. The zero-order valence-electron chi connectivity index (χ0n) is 14.1. The van der Waals surface area contributed by atoms with Crippen molar-refractivity contribution in [2.75, 3.05) is 11.9 Å². The fourth-order valence-electron chi connectivity index (χ4n) is 2.14. The third-order valence-corrected chi connectivity index (χ3v) is 3.49. The number of amides is 2. The fourth-order valence-corrected chi connectivity index (χ4v) is 2.14. The number of nitrogens with two attached hydrogens (primary N) is 1. The molecular formula is C19H22N2O3. The van der Waals surface area contributed by atoms with Gasteiger partial charge >= 0.3 is 0 Å². The van der Waals surface area contributed by atoms with Gasteiger partial charge in [-0.2, -0.15) is 0 Å². The van der Waals surface area contributed by atoms with Crippen molar-refractivity contribution in [2.24, 2.45) is 5.73 Å². The lowest BCUT2D eigenvalue weighted by Crippen LogP contribution is -2.20. The van der Waals surface area contributed by atoms with E-state index in [1.54, 1.807) is 24.3 Å². The SMILES string of the molecule is CC(C)(C)c1ccc(NC(=O)c2cccc(OCC(N)=O)c2)cc1. The summed E-state index contributed by atoms with van der Waals surface area (Å²) >= 11 is 0. The highest BCUT2D eigenvalue weighted by molar-refractivity contribution is 6.04. The molecule has 2 aromatic carbocycles. The number of rotatable bonds is 5. The molecule has 0 radical (unpaired) electrons. The minimum absolute atomic E-state index is 0.0641. The van der Waals surface area contributed by atoms with Gasteiger partial charge in [-0.25, -0.2) is 0 Å². The molecule has 0 aliphatic heterocycles. The van der Waals surface area contributed by atoms with Crippen molar-refractivity contribution in [1.82, 2.24) is 0 Å². The van der Waals surface area contributed by atoms with Gasteiger partial charge in [-0.15, -0.1) is 0 Å². The Balaban J connectivity index is 2.07. The maximum Gasteiger partial charge on any atom is 0.255 e. The third kappa shape index (κ3) is 4.84. The van der Waals surface area contributed by atoms with Crippen molar-refractivity contribution in [3.63, 3.8) is 0 Å². The predicted octanol–water partition coefficient (Wildman–Crippen LogP) is 3.10. The average Bonchev–Trinajstić information content (AvgIpc) is 2.53. The van der Waals surface area contributed by atoms with Crippen LogP contribution < -0.4 is 15.8 Å². The Bertz CT molecular complexity index is 731. The zero-order chi connectivity index (χ0) is 17.7. The molecule has 0 unspecified atom stereocenters. The molecule has 5 nitrogen and oxygen atoms in total. The molecule has 0 aromatic heterocycles. The summed E-state index contributed by atoms with van der Waals surface area (Å²) < 4.78 is 5.21. The molecule has 0 saturated heterocycles. The van der Waals surface area contributed by atoms with Crippen LogP contribution in [0, 0.1) is 0 Å². The van der Waals surface area contributed by atoms with Crippen molar-refractivity contribution in [2.45, 2.75) is 26.2 Å². The number of carbonyl (C=O) groups excluding carboxylic acids is 2. The van der Waals surface area contributed by atoms with Crippen molar-refractivity contribution in [3.05, 3.63) is 59.7 Å². The van der Waals surface area contributed by atoms with Crippen molar-refractivity contribution in [3.8, 4) is 5.75 Å². The molecule has 2 rings (SSSR count). The second kappa shape index (κ2) is 7.17.